The molecule has 0 atom stereocenters. The standard InChI is InChI=1S/C12H14N6/c1-8-9(7-16-18(8)2)6-15-12-4-3-10(14)11(5-13)17-12/h3-4,7H,6,14H2,1-2H3,(H,15,17). The summed E-state index contributed by atoms with van der Waals surface area (Å²) in [4.78, 5) is 4.12. The summed E-state index contributed by atoms with van der Waals surface area (Å²) in [5.74, 6) is 0.629. The fraction of sp³-hybridized carbons (Fsp3) is 0.250. The maximum atomic E-state index is 8.84. The molecule has 0 aliphatic heterocycles. The van der Waals surface area contributed by atoms with Crippen LogP contribution < -0.4 is 11.1 Å². The van der Waals surface area contributed by atoms with Gasteiger partial charge in [-0.15, -0.1) is 0 Å². The number of hydrogen-bond donors (Lipinski definition) is 2. The third-order valence-corrected chi connectivity index (χ3v) is 2.83. The van der Waals surface area contributed by atoms with Crippen molar-refractivity contribution in [1.82, 2.24) is 14.8 Å². The number of hydrogen-bond acceptors (Lipinski definition) is 5. The summed E-state index contributed by atoms with van der Waals surface area (Å²) in [5.41, 5.74) is 8.42. The predicted octanol–water partition coefficient (Wildman–Crippen LogP) is 1.19. The molecule has 2 rings (SSSR count). The molecule has 2 aromatic rings. The van der Waals surface area contributed by atoms with Crippen LogP contribution in [0.4, 0.5) is 11.5 Å². The second kappa shape index (κ2) is 4.75. The van der Waals surface area contributed by atoms with Gasteiger partial charge in [-0.3, -0.25) is 4.68 Å². The van der Waals surface area contributed by atoms with Crippen molar-refractivity contribution in [2.75, 3.05) is 11.1 Å². The lowest BCUT2D eigenvalue weighted by molar-refractivity contribution is 0.738. The van der Waals surface area contributed by atoms with Crippen LogP contribution in [0.25, 0.3) is 0 Å². The fourth-order valence-electron chi connectivity index (χ4n) is 1.56. The van der Waals surface area contributed by atoms with E-state index in [-0.39, 0.29) is 5.69 Å². The molecule has 6 nitrogen and oxygen atoms in total. The Labute approximate surface area is 105 Å². The Bertz CT molecular complexity index is 608. The van der Waals surface area contributed by atoms with Crippen molar-refractivity contribution in [3.8, 4) is 6.07 Å². The Kier molecular flexibility index (Phi) is 3.15. The molecule has 92 valence electrons. The number of nitrogens with one attached hydrogen (secondary N) is 1. The summed E-state index contributed by atoms with van der Waals surface area (Å²) in [7, 11) is 1.90. The van der Waals surface area contributed by atoms with Crippen molar-refractivity contribution in [3.63, 3.8) is 0 Å². The topological polar surface area (TPSA) is 92.5 Å². The van der Waals surface area contributed by atoms with Gasteiger partial charge in [-0.25, -0.2) is 4.98 Å². The third kappa shape index (κ3) is 2.25. The molecule has 0 aliphatic carbocycles. The summed E-state index contributed by atoms with van der Waals surface area (Å²) in [5, 5.41) is 16.1. The maximum absolute atomic E-state index is 8.84. The zero-order valence-corrected chi connectivity index (χ0v) is 10.3. The highest BCUT2D eigenvalue weighted by molar-refractivity contribution is 5.54. The van der Waals surface area contributed by atoms with E-state index >= 15 is 0 Å². The highest BCUT2D eigenvalue weighted by atomic mass is 15.3. The largest absolute Gasteiger partial charge is 0.396 e. The van der Waals surface area contributed by atoms with Gasteiger partial charge in [0.15, 0.2) is 5.69 Å². The summed E-state index contributed by atoms with van der Waals surface area (Å²) < 4.78 is 1.81. The lowest BCUT2D eigenvalue weighted by atomic mass is 10.2. The van der Waals surface area contributed by atoms with Gasteiger partial charge in [-0.2, -0.15) is 10.4 Å². The molecule has 0 aliphatic rings. The van der Waals surface area contributed by atoms with Gasteiger partial charge in [0, 0.05) is 24.8 Å². The first-order chi connectivity index (χ1) is 8.61. The minimum absolute atomic E-state index is 0.239. The highest BCUT2D eigenvalue weighted by Gasteiger charge is 2.05. The number of aryl methyl sites for hydroxylation is 1. The van der Waals surface area contributed by atoms with Gasteiger partial charge in [-0.05, 0) is 19.1 Å². The van der Waals surface area contributed by atoms with Gasteiger partial charge < -0.3 is 11.1 Å². The van der Waals surface area contributed by atoms with E-state index in [0.717, 1.165) is 11.3 Å². The van der Waals surface area contributed by atoms with E-state index in [1.165, 1.54) is 0 Å². The summed E-state index contributed by atoms with van der Waals surface area (Å²) >= 11 is 0. The molecule has 2 aromatic heterocycles. The Hall–Kier alpha value is -2.55. The van der Waals surface area contributed by atoms with Crippen LogP contribution in [0.2, 0.25) is 0 Å². The van der Waals surface area contributed by atoms with Gasteiger partial charge in [0.25, 0.3) is 0 Å². The molecule has 2 heterocycles. The minimum Gasteiger partial charge on any atom is -0.396 e. The average Bonchev–Trinajstić information content (AvgIpc) is 2.69. The Balaban J connectivity index is 2.11. The first-order valence-corrected chi connectivity index (χ1v) is 5.49. The van der Waals surface area contributed by atoms with E-state index in [1.807, 2.05) is 30.9 Å². The molecule has 0 radical (unpaired) electrons. The second-order valence-electron chi connectivity index (χ2n) is 3.98. The van der Waals surface area contributed by atoms with Crippen molar-refractivity contribution in [3.05, 3.63) is 35.3 Å². The average molecular weight is 242 g/mol. The fourth-order valence-corrected chi connectivity index (χ4v) is 1.56. The number of anilines is 2. The zero-order chi connectivity index (χ0) is 13.1. The van der Waals surface area contributed by atoms with E-state index < -0.39 is 0 Å². The van der Waals surface area contributed by atoms with Crippen molar-refractivity contribution >= 4 is 11.5 Å². The van der Waals surface area contributed by atoms with E-state index in [2.05, 4.69) is 15.4 Å². The number of nitrogens with two attached hydrogens (primary N) is 1. The molecule has 0 saturated carbocycles. The van der Waals surface area contributed by atoms with E-state index in [4.69, 9.17) is 11.0 Å². The molecule has 0 saturated heterocycles. The number of nitrogens with zero attached hydrogens (tertiary/aromatic N) is 4. The molecular formula is C12H14N6. The molecule has 0 spiro atoms. The lowest BCUT2D eigenvalue weighted by Crippen LogP contribution is -2.04. The number of nitriles is 1. The van der Waals surface area contributed by atoms with Crippen LogP contribution >= 0.6 is 0 Å². The summed E-state index contributed by atoms with van der Waals surface area (Å²) in [6, 6.07) is 5.38. The molecule has 0 unspecified atom stereocenters. The molecule has 0 bridgehead atoms. The molecular weight excluding hydrogens is 228 g/mol. The maximum Gasteiger partial charge on any atom is 0.165 e. The van der Waals surface area contributed by atoms with Gasteiger partial charge in [0.05, 0.1) is 11.9 Å². The van der Waals surface area contributed by atoms with Crippen LogP contribution in [0.5, 0.6) is 0 Å². The molecule has 6 heteroatoms. The molecule has 3 N–H and O–H groups in total. The van der Waals surface area contributed by atoms with Crippen LogP contribution in [-0.4, -0.2) is 14.8 Å². The van der Waals surface area contributed by atoms with E-state index in [1.54, 1.807) is 12.1 Å². The van der Waals surface area contributed by atoms with Crippen molar-refractivity contribution < 1.29 is 0 Å². The van der Waals surface area contributed by atoms with Crippen LogP contribution in [0.3, 0.4) is 0 Å². The summed E-state index contributed by atoms with van der Waals surface area (Å²) in [6.07, 6.45) is 1.81. The third-order valence-electron chi connectivity index (χ3n) is 2.83. The van der Waals surface area contributed by atoms with Gasteiger partial charge >= 0.3 is 0 Å². The van der Waals surface area contributed by atoms with Crippen molar-refractivity contribution in [2.24, 2.45) is 7.05 Å². The SMILES string of the molecule is Cc1c(CNc2ccc(N)c(C#N)n2)cnn1C. The number of rotatable bonds is 3. The molecule has 18 heavy (non-hydrogen) atoms. The van der Waals surface area contributed by atoms with Crippen LogP contribution in [0.15, 0.2) is 18.3 Å². The quantitative estimate of drug-likeness (QED) is 0.843. The Morgan fingerprint density at radius 1 is 1.50 bits per heavy atom. The first-order valence-electron chi connectivity index (χ1n) is 5.49. The van der Waals surface area contributed by atoms with Crippen LogP contribution in [0, 0.1) is 18.3 Å². The van der Waals surface area contributed by atoms with Gasteiger partial charge in [0.2, 0.25) is 0 Å². The lowest BCUT2D eigenvalue weighted by Gasteiger charge is -2.06. The Morgan fingerprint density at radius 3 is 2.89 bits per heavy atom. The van der Waals surface area contributed by atoms with Crippen molar-refractivity contribution in [1.29, 1.82) is 5.26 Å². The summed E-state index contributed by atoms with van der Waals surface area (Å²) in [6.45, 7) is 2.61. The van der Waals surface area contributed by atoms with Gasteiger partial charge in [-0.1, -0.05) is 0 Å². The molecule has 0 amide bonds. The van der Waals surface area contributed by atoms with Crippen molar-refractivity contribution in [2.45, 2.75) is 13.5 Å². The van der Waals surface area contributed by atoms with Gasteiger partial charge in [0.1, 0.15) is 11.9 Å². The highest BCUT2D eigenvalue weighted by Crippen LogP contribution is 2.14. The minimum atomic E-state index is 0.239. The van der Waals surface area contributed by atoms with E-state index in [0.29, 0.717) is 18.1 Å². The molecule has 0 fully saturated rings. The first kappa shape index (κ1) is 11.9. The molecule has 0 aromatic carbocycles. The van der Waals surface area contributed by atoms with Crippen LogP contribution in [-0.2, 0) is 13.6 Å². The Morgan fingerprint density at radius 2 is 2.28 bits per heavy atom. The second-order valence-corrected chi connectivity index (χ2v) is 3.98. The normalized spacial score (nSPS) is 10.1. The zero-order valence-electron chi connectivity index (χ0n) is 10.3. The van der Waals surface area contributed by atoms with Crippen LogP contribution in [0.1, 0.15) is 17.0 Å². The number of aromatic nitrogens is 3. The predicted molar refractivity (Wildman–Crippen MR) is 68.6 cm³/mol. The number of pyridine rings is 1. The monoisotopic (exact) mass is 242 g/mol. The smallest absolute Gasteiger partial charge is 0.165 e. The van der Waals surface area contributed by atoms with E-state index in [9.17, 15) is 0 Å². The number of nitrogen functional groups attached to an aromatic ring is 1.